The highest BCUT2D eigenvalue weighted by Crippen LogP contribution is 2.35. The zero-order valence-corrected chi connectivity index (χ0v) is 21.2. The number of nitrogens with zero attached hydrogens (tertiary/aromatic N) is 2. The van der Waals surface area contributed by atoms with Crippen LogP contribution >= 0.6 is 0 Å². The molecule has 0 aliphatic carbocycles. The minimum atomic E-state index is -0.389. The van der Waals surface area contributed by atoms with Crippen LogP contribution in [0.1, 0.15) is 114 Å². The number of benzene rings is 2. The number of hydrogen-bond donors (Lipinski definition) is 0. The zero-order valence-electron chi connectivity index (χ0n) is 21.2. The number of rotatable bonds is 18. The molecule has 0 saturated carbocycles. The Hall–Kier alpha value is -2.80. The minimum Gasteiger partial charge on any atom is -0.366 e. The van der Waals surface area contributed by atoms with Crippen LogP contribution in [0.15, 0.2) is 48.5 Å². The van der Waals surface area contributed by atoms with Crippen LogP contribution in [0.3, 0.4) is 0 Å². The second kappa shape index (κ2) is 16.0. The second-order valence-corrected chi connectivity index (χ2v) is 9.22. The smallest absolute Gasteiger partial charge is 0.269 e. The quantitative estimate of drug-likeness (QED) is 0.119. The van der Waals surface area contributed by atoms with Crippen LogP contribution in [-0.4, -0.2) is 9.85 Å². The van der Waals surface area contributed by atoms with Gasteiger partial charge in [0.25, 0.3) is 11.4 Å². The predicted octanol–water partition coefficient (Wildman–Crippen LogP) is 9.02. The van der Waals surface area contributed by atoms with Gasteiger partial charge in [-0.3, -0.25) is 20.2 Å². The number of hydrogen-bond acceptors (Lipinski definition) is 5. The fraction of sp³-hybridized carbons (Fsp3) is 0.571. The average molecular weight is 485 g/mol. The third-order valence-electron chi connectivity index (χ3n) is 6.42. The lowest BCUT2D eigenvalue weighted by molar-refractivity contribution is -0.385. The van der Waals surface area contributed by atoms with Gasteiger partial charge in [-0.15, -0.1) is 0 Å². The first-order valence-electron chi connectivity index (χ1n) is 13.1. The van der Waals surface area contributed by atoms with Crippen molar-refractivity contribution in [2.75, 3.05) is 0 Å². The SMILES string of the molecule is CCCCCCCC(OC(CCCCCCC)c1ccc([N+](=O)[O-])cc1)c1ccc([N+](=O)[O-])cc1. The van der Waals surface area contributed by atoms with Crippen molar-refractivity contribution in [1.29, 1.82) is 0 Å². The highest BCUT2D eigenvalue weighted by Gasteiger charge is 2.21. The van der Waals surface area contributed by atoms with Crippen molar-refractivity contribution in [1.82, 2.24) is 0 Å². The highest BCUT2D eigenvalue weighted by atomic mass is 16.6. The summed E-state index contributed by atoms with van der Waals surface area (Å²) in [5.74, 6) is 0. The van der Waals surface area contributed by atoms with Gasteiger partial charge in [-0.2, -0.15) is 0 Å². The molecular weight excluding hydrogens is 444 g/mol. The normalized spacial score (nSPS) is 12.9. The van der Waals surface area contributed by atoms with Crippen LogP contribution in [0.2, 0.25) is 0 Å². The van der Waals surface area contributed by atoms with E-state index >= 15 is 0 Å². The summed E-state index contributed by atoms with van der Waals surface area (Å²) >= 11 is 0. The Bertz CT molecular complexity index is 810. The van der Waals surface area contributed by atoms with E-state index < -0.39 is 0 Å². The standard InChI is InChI=1S/C28H40N2O5/c1-3-5-7-9-11-13-27(23-15-19-25(20-16-23)29(31)32)35-28(14-12-10-8-6-4-2)24-17-21-26(22-18-24)30(33)34/h15-22,27-28H,3-14H2,1-2H3. The summed E-state index contributed by atoms with van der Waals surface area (Å²) in [5.41, 5.74) is 2.00. The van der Waals surface area contributed by atoms with Crippen molar-refractivity contribution < 1.29 is 14.6 Å². The van der Waals surface area contributed by atoms with E-state index in [9.17, 15) is 20.2 Å². The summed E-state index contributed by atoms with van der Waals surface area (Å²) in [6.07, 6.45) is 12.8. The van der Waals surface area contributed by atoms with E-state index in [4.69, 9.17) is 4.74 Å². The van der Waals surface area contributed by atoms with Crippen LogP contribution in [-0.2, 0) is 4.74 Å². The Morgan fingerprint density at radius 2 is 0.943 bits per heavy atom. The maximum Gasteiger partial charge on any atom is 0.269 e. The molecule has 0 radical (unpaired) electrons. The van der Waals surface area contributed by atoms with Gasteiger partial charge >= 0.3 is 0 Å². The Morgan fingerprint density at radius 3 is 1.26 bits per heavy atom. The predicted molar refractivity (Wildman–Crippen MR) is 140 cm³/mol. The summed E-state index contributed by atoms with van der Waals surface area (Å²) in [7, 11) is 0. The van der Waals surface area contributed by atoms with Crippen LogP contribution < -0.4 is 0 Å². The molecule has 0 heterocycles. The summed E-state index contributed by atoms with van der Waals surface area (Å²) < 4.78 is 6.70. The fourth-order valence-electron chi connectivity index (χ4n) is 4.31. The number of nitro groups is 2. The van der Waals surface area contributed by atoms with Gasteiger partial charge in [0.15, 0.2) is 0 Å². The minimum absolute atomic E-state index is 0.0679. The van der Waals surface area contributed by atoms with E-state index in [1.165, 1.54) is 62.8 Å². The largest absolute Gasteiger partial charge is 0.366 e. The summed E-state index contributed by atoms with van der Waals surface area (Å²) in [5, 5.41) is 22.2. The monoisotopic (exact) mass is 484 g/mol. The number of unbranched alkanes of at least 4 members (excludes halogenated alkanes) is 8. The van der Waals surface area contributed by atoms with Crippen molar-refractivity contribution in [2.45, 2.75) is 103 Å². The third-order valence-corrected chi connectivity index (χ3v) is 6.42. The molecule has 7 heteroatoms. The first-order valence-corrected chi connectivity index (χ1v) is 13.1. The molecule has 35 heavy (non-hydrogen) atoms. The molecule has 0 N–H and O–H groups in total. The van der Waals surface area contributed by atoms with Gasteiger partial charge in [-0.1, -0.05) is 78.1 Å². The van der Waals surface area contributed by atoms with E-state index in [1.807, 2.05) is 0 Å². The third kappa shape index (κ3) is 10.1. The van der Waals surface area contributed by atoms with Gasteiger partial charge in [0.2, 0.25) is 0 Å². The van der Waals surface area contributed by atoms with Crippen LogP contribution in [0.25, 0.3) is 0 Å². The van der Waals surface area contributed by atoms with E-state index in [0.29, 0.717) is 0 Å². The molecule has 2 aromatic carbocycles. The van der Waals surface area contributed by atoms with Crippen molar-refractivity contribution in [3.8, 4) is 0 Å². The number of non-ortho nitro benzene ring substituents is 2. The van der Waals surface area contributed by atoms with Crippen molar-refractivity contribution in [3.05, 3.63) is 79.9 Å². The first kappa shape index (κ1) is 28.4. The first-order chi connectivity index (χ1) is 17.0. The number of nitro benzene ring substituents is 2. The van der Waals surface area contributed by atoms with E-state index in [1.54, 1.807) is 24.3 Å². The van der Waals surface area contributed by atoms with Gasteiger partial charge in [-0.05, 0) is 48.2 Å². The van der Waals surface area contributed by atoms with Gasteiger partial charge in [0.05, 0.1) is 22.1 Å². The Morgan fingerprint density at radius 1 is 0.600 bits per heavy atom. The van der Waals surface area contributed by atoms with E-state index in [0.717, 1.165) is 49.7 Å². The van der Waals surface area contributed by atoms with Crippen molar-refractivity contribution >= 4 is 11.4 Å². The molecule has 0 saturated heterocycles. The molecular formula is C28H40N2O5. The lowest BCUT2D eigenvalue weighted by atomic mass is 9.98. The topological polar surface area (TPSA) is 95.5 Å². The Labute approximate surface area is 209 Å². The highest BCUT2D eigenvalue weighted by molar-refractivity contribution is 5.35. The lowest BCUT2D eigenvalue weighted by Crippen LogP contribution is -2.12. The van der Waals surface area contributed by atoms with Gasteiger partial charge in [-0.25, -0.2) is 0 Å². The van der Waals surface area contributed by atoms with Crippen molar-refractivity contribution in [3.63, 3.8) is 0 Å². The molecule has 0 aromatic heterocycles. The molecule has 2 atom stereocenters. The maximum absolute atomic E-state index is 11.1. The lowest BCUT2D eigenvalue weighted by Gasteiger charge is -2.26. The molecule has 0 aliphatic rings. The zero-order chi connectivity index (χ0) is 25.5. The average Bonchev–Trinajstić information content (AvgIpc) is 2.86. The second-order valence-electron chi connectivity index (χ2n) is 9.22. The molecule has 192 valence electrons. The Balaban J connectivity index is 2.21. The van der Waals surface area contributed by atoms with Crippen molar-refractivity contribution in [2.24, 2.45) is 0 Å². The molecule has 0 fully saturated rings. The molecule has 2 rings (SSSR count). The van der Waals surface area contributed by atoms with E-state index in [-0.39, 0.29) is 33.4 Å². The van der Waals surface area contributed by atoms with E-state index in [2.05, 4.69) is 13.8 Å². The molecule has 2 aromatic rings. The molecule has 7 nitrogen and oxygen atoms in total. The van der Waals surface area contributed by atoms with Crippen LogP contribution in [0.4, 0.5) is 11.4 Å². The van der Waals surface area contributed by atoms with Crippen LogP contribution in [0.5, 0.6) is 0 Å². The molecule has 0 aliphatic heterocycles. The van der Waals surface area contributed by atoms with Gasteiger partial charge in [0, 0.05) is 24.3 Å². The summed E-state index contributed by atoms with van der Waals surface area (Å²) in [6, 6.07) is 13.3. The molecule has 2 unspecified atom stereocenters. The Kier molecular flexibility index (Phi) is 13.0. The van der Waals surface area contributed by atoms with Gasteiger partial charge in [0.1, 0.15) is 0 Å². The molecule has 0 spiro atoms. The summed E-state index contributed by atoms with van der Waals surface area (Å²) in [4.78, 5) is 21.4. The van der Waals surface area contributed by atoms with Crippen LogP contribution in [0, 0.1) is 20.2 Å². The number of ether oxygens (including phenoxy) is 1. The maximum atomic E-state index is 11.1. The fourth-order valence-corrected chi connectivity index (χ4v) is 4.31. The summed E-state index contributed by atoms with van der Waals surface area (Å²) in [6.45, 7) is 4.39. The van der Waals surface area contributed by atoms with Gasteiger partial charge < -0.3 is 4.74 Å². The molecule has 0 amide bonds. The molecule has 0 bridgehead atoms.